The average Bonchev–Trinajstić information content (AvgIpc) is 1.95. The number of alkyl halides is 1. The lowest BCUT2D eigenvalue weighted by molar-refractivity contribution is 1.28. The Morgan fingerprint density at radius 1 is 1.50 bits per heavy atom. The van der Waals surface area contributed by atoms with Crippen molar-refractivity contribution in [2.24, 2.45) is 0 Å². The van der Waals surface area contributed by atoms with E-state index in [4.69, 9.17) is 23.2 Å². The molecular weight excluding hydrogens is 284 g/mol. The van der Waals surface area contributed by atoms with Gasteiger partial charge in [0.25, 0.3) is 0 Å². The van der Waals surface area contributed by atoms with Crippen molar-refractivity contribution in [3.63, 3.8) is 0 Å². The standard InChI is InChI=1S/C6H4Cl2IN/c7-5-4(3-9)1-2-10-6(5)8/h1-2H,3H2. The van der Waals surface area contributed by atoms with Crippen LogP contribution in [-0.4, -0.2) is 4.98 Å². The third-order valence-corrected chi connectivity index (χ3v) is 2.70. The van der Waals surface area contributed by atoms with E-state index in [9.17, 15) is 0 Å². The van der Waals surface area contributed by atoms with Gasteiger partial charge in [0.1, 0.15) is 5.15 Å². The van der Waals surface area contributed by atoms with Crippen molar-refractivity contribution < 1.29 is 0 Å². The zero-order valence-electron chi connectivity index (χ0n) is 4.94. The molecule has 0 bridgehead atoms. The molecule has 1 nitrogen and oxygen atoms in total. The van der Waals surface area contributed by atoms with Crippen molar-refractivity contribution >= 4 is 45.8 Å². The fourth-order valence-electron chi connectivity index (χ4n) is 0.558. The molecular formula is C6H4Cl2IN. The summed E-state index contributed by atoms with van der Waals surface area (Å²) in [5.74, 6) is 0. The third-order valence-electron chi connectivity index (χ3n) is 1.07. The minimum absolute atomic E-state index is 0.385. The summed E-state index contributed by atoms with van der Waals surface area (Å²) in [5.41, 5.74) is 1.03. The summed E-state index contributed by atoms with van der Waals surface area (Å²) in [6, 6.07) is 1.86. The lowest BCUT2D eigenvalue weighted by Gasteiger charge is -1.98. The highest BCUT2D eigenvalue weighted by molar-refractivity contribution is 14.1. The van der Waals surface area contributed by atoms with Gasteiger partial charge in [-0.25, -0.2) is 4.98 Å². The van der Waals surface area contributed by atoms with Crippen molar-refractivity contribution in [3.8, 4) is 0 Å². The van der Waals surface area contributed by atoms with Crippen molar-refractivity contribution in [2.45, 2.75) is 4.43 Å². The van der Waals surface area contributed by atoms with Crippen LogP contribution in [0, 0.1) is 0 Å². The minimum atomic E-state index is 0.385. The maximum Gasteiger partial charge on any atom is 0.147 e. The van der Waals surface area contributed by atoms with Gasteiger partial charge in [-0.3, -0.25) is 0 Å². The Labute approximate surface area is 82.9 Å². The molecule has 4 heteroatoms. The molecule has 1 rings (SSSR count). The fraction of sp³-hybridized carbons (Fsp3) is 0.167. The Kier molecular flexibility index (Phi) is 3.20. The maximum atomic E-state index is 5.79. The van der Waals surface area contributed by atoms with E-state index in [1.165, 1.54) is 0 Å². The van der Waals surface area contributed by atoms with Crippen LogP contribution >= 0.6 is 45.8 Å². The fourth-order valence-corrected chi connectivity index (χ4v) is 1.78. The van der Waals surface area contributed by atoms with Crippen molar-refractivity contribution in [1.29, 1.82) is 0 Å². The Morgan fingerprint density at radius 3 is 2.70 bits per heavy atom. The number of rotatable bonds is 1. The molecule has 0 saturated carbocycles. The predicted molar refractivity (Wildman–Crippen MR) is 52.0 cm³/mol. The van der Waals surface area contributed by atoms with E-state index in [1.54, 1.807) is 6.20 Å². The van der Waals surface area contributed by atoms with E-state index in [0.717, 1.165) is 9.99 Å². The largest absolute Gasteiger partial charge is 0.243 e. The first-order valence-electron chi connectivity index (χ1n) is 2.60. The van der Waals surface area contributed by atoms with Gasteiger partial charge >= 0.3 is 0 Å². The van der Waals surface area contributed by atoms with Gasteiger partial charge in [0.2, 0.25) is 0 Å². The molecule has 0 aromatic carbocycles. The van der Waals surface area contributed by atoms with Gasteiger partial charge < -0.3 is 0 Å². The molecule has 0 amide bonds. The molecule has 54 valence electrons. The predicted octanol–water partition coefficient (Wildman–Crippen LogP) is 3.32. The molecule has 0 atom stereocenters. The van der Waals surface area contributed by atoms with Crippen LogP contribution in [0.3, 0.4) is 0 Å². The van der Waals surface area contributed by atoms with E-state index >= 15 is 0 Å². The van der Waals surface area contributed by atoms with Crippen LogP contribution in [0.1, 0.15) is 5.56 Å². The van der Waals surface area contributed by atoms with E-state index in [2.05, 4.69) is 27.6 Å². The molecule has 0 spiro atoms. The van der Waals surface area contributed by atoms with E-state index in [-0.39, 0.29) is 0 Å². The molecule has 0 aliphatic carbocycles. The molecule has 0 aliphatic heterocycles. The molecule has 1 aromatic heterocycles. The second-order valence-electron chi connectivity index (χ2n) is 1.71. The van der Waals surface area contributed by atoms with Crippen LogP contribution in [0.2, 0.25) is 10.2 Å². The molecule has 0 unspecified atom stereocenters. The summed E-state index contributed by atoms with van der Waals surface area (Å²) < 4.78 is 0.860. The maximum absolute atomic E-state index is 5.79. The highest BCUT2D eigenvalue weighted by Crippen LogP contribution is 2.24. The summed E-state index contributed by atoms with van der Waals surface area (Å²) in [6.45, 7) is 0. The van der Waals surface area contributed by atoms with Crippen LogP contribution in [0.25, 0.3) is 0 Å². The van der Waals surface area contributed by atoms with Crippen molar-refractivity contribution in [3.05, 3.63) is 28.0 Å². The first kappa shape index (κ1) is 8.56. The van der Waals surface area contributed by atoms with E-state index in [1.807, 2.05) is 6.07 Å². The van der Waals surface area contributed by atoms with Gasteiger partial charge in [0, 0.05) is 10.6 Å². The molecule has 0 fully saturated rings. The van der Waals surface area contributed by atoms with Crippen LogP contribution < -0.4 is 0 Å². The van der Waals surface area contributed by atoms with Crippen LogP contribution in [-0.2, 0) is 4.43 Å². The van der Waals surface area contributed by atoms with E-state index in [0.29, 0.717) is 10.2 Å². The van der Waals surface area contributed by atoms with Gasteiger partial charge in [-0.1, -0.05) is 45.8 Å². The normalized spacial score (nSPS) is 9.90. The molecule has 1 heterocycles. The number of hydrogen-bond acceptors (Lipinski definition) is 1. The summed E-state index contributed by atoms with van der Waals surface area (Å²) >= 11 is 13.7. The minimum Gasteiger partial charge on any atom is -0.243 e. The zero-order valence-corrected chi connectivity index (χ0v) is 8.61. The first-order valence-corrected chi connectivity index (χ1v) is 4.88. The van der Waals surface area contributed by atoms with E-state index < -0.39 is 0 Å². The van der Waals surface area contributed by atoms with Gasteiger partial charge in [0.05, 0.1) is 5.02 Å². The summed E-state index contributed by atoms with van der Waals surface area (Å²) in [7, 11) is 0. The lowest BCUT2D eigenvalue weighted by atomic mass is 10.3. The number of pyridine rings is 1. The summed E-state index contributed by atoms with van der Waals surface area (Å²) in [6.07, 6.45) is 1.65. The van der Waals surface area contributed by atoms with Crippen molar-refractivity contribution in [2.75, 3.05) is 0 Å². The van der Waals surface area contributed by atoms with Gasteiger partial charge in [0.15, 0.2) is 0 Å². The lowest BCUT2D eigenvalue weighted by Crippen LogP contribution is -1.82. The van der Waals surface area contributed by atoms with Crippen LogP contribution in [0.4, 0.5) is 0 Å². The average molecular weight is 288 g/mol. The molecule has 1 aromatic rings. The summed E-state index contributed by atoms with van der Waals surface area (Å²) in [4.78, 5) is 3.82. The molecule has 10 heavy (non-hydrogen) atoms. The third kappa shape index (κ3) is 1.74. The Morgan fingerprint density at radius 2 is 2.20 bits per heavy atom. The SMILES string of the molecule is Clc1nccc(CI)c1Cl. The molecule has 0 radical (unpaired) electrons. The Hall–Kier alpha value is 0.460. The zero-order chi connectivity index (χ0) is 7.56. The molecule has 0 aliphatic rings. The Balaban J connectivity index is 3.14. The Bertz CT molecular complexity index is 239. The molecule has 0 N–H and O–H groups in total. The quantitative estimate of drug-likeness (QED) is 0.439. The van der Waals surface area contributed by atoms with Gasteiger partial charge in [-0.05, 0) is 11.6 Å². The number of nitrogens with zero attached hydrogens (tertiary/aromatic N) is 1. The number of hydrogen-bond donors (Lipinski definition) is 0. The van der Waals surface area contributed by atoms with Gasteiger partial charge in [-0.15, -0.1) is 0 Å². The van der Waals surface area contributed by atoms with Crippen molar-refractivity contribution in [1.82, 2.24) is 4.98 Å². The second kappa shape index (κ2) is 3.74. The smallest absolute Gasteiger partial charge is 0.147 e. The number of halogens is 3. The highest BCUT2D eigenvalue weighted by Gasteiger charge is 2.02. The first-order chi connectivity index (χ1) is 4.75. The van der Waals surface area contributed by atoms with Gasteiger partial charge in [-0.2, -0.15) is 0 Å². The van der Waals surface area contributed by atoms with Crippen LogP contribution in [0.5, 0.6) is 0 Å². The summed E-state index contributed by atoms with van der Waals surface area (Å²) in [5, 5.41) is 0.953. The topological polar surface area (TPSA) is 12.9 Å². The second-order valence-corrected chi connectivity index (χ2v) is 3.21. The monoisotopic (exact) mass is 287 g/mol. The van der Waals surface area contributed by atoms with Crippen LogP contribution in [0.15, 0.2) is 12.3 Å². The number of aromatic nitrogens is 1. The molecule has 0 saturated heterocycles. The highest BCUT2D eigenvalue weighted by atomic mass is 127.